The monoisotopic (exact) mass is 317 g/mol. The Morgan fingerprint density at radius 1 is 0.957 bits per heavy atom. The molecular formula is C18H21AlLiNO2. The molecule has 0 aromatic heterocycles. The van der Waals surface area contributed by atoms with E-state index in [2.05, 4.69) is 29.2 Å². The van der Waals surface area contributed by atoms with Gasteiger partial charge in [-0.25, -0.2) is 0 Å². The molecule has 0 amide bonds. The molecule has 0 spiro atoms. The minimum absolute atomic E-state index is 0. The van der Waals surface area contributed by atoms with Crippen molar-refractivity contribution in [3.8, 4) is 5.75 Å². The molecular weight excluding hydrogens is 296 g/mol. The van der Waals surface area contributed by atoms with Gasteiger partial charge in [-0.05, 0) is 17.2 Å². The molecule has 2 atom stereocenters. The van der Waals surface area contributed by atoms with Gasteiger partial charge >= 0.3 is 18.9 Å². The predicted octanol–water partition coefficient (Wildman–Crippen LogP) is -0.777. The summed E-state index contributed by atoms with van der Waals surface area (Å²) in [6.45, 7) is 2.79. The average Bonchev–Trinajstić information content (AvgIpc) is 2.91. The van der Waals surface area contributed by atoms with Crippen LogP contribution < -0.4 is 18.9 Å². The van der Waals surface area contributed by atoms with Crippen molar-refractivity contribution < 1.29 is 29.1 Å². The van der Waals surface area contributed by atoms with Crippen LogP contribution in [0.15, 0.2) is 54.6 Å². The van der Waals surface area contributed by atoms with Gasteiger partial charge < -0.3 is 27.6 Å². The van der Waals surface area contributed by atoms with Crippen LogP contribution in [0, 0.1) is 5.92 Å². The van der Waals surface area contributed by atoms with Gasteiger partial charge in [0.15, 0.2) is 0 Å². The molecule has 3 rings (SSSR count). The van der Waals surface area contributed by atoms with Crippen molar-refractivity contribution in [1.29, 1.82) is 0 Å². The van der Waals surface area contributed by atoms with E-state index in [-0.39, 0.29) is 54.7 Å². The maximum atomic E-state index is 10.1. The fraction of sp³-hybridized carbons (Fsp3) is 0.333. The number of rotatable bonds is 4. The van der Waals surface area contributed by atoms with E-state index in [1.807, 2.05) is 24.3 Å². The maximum Gasteiger partial charge on any atom is 1.00 e. The van der Waals surface area contributed by atoms with E-state index < -0.39 is 0 Å². The van der Waals surface area contributed by atoms with Crippen LogP contribution in [0.25, 0.3) is 0 Å². The van der Waals surface area contributed by atoms with Gasteiger partial charge in [-0.15, -0.1) is 0 Å². The number of phenols is 1. The molecule has 23 heavy (non-hydrogen) atoms. The number of hydrogen-bond acceptors (Lipinski definition) is 3. The van der Waals surface area contributed by atoms with E-state index in [9.17, 15) is 10.2 Å². The second-order valence-electron chi connectivity index (χ2n) is 5.79. The minimum Gasteiger partial charge on any atom is -1.00 e. The van der Waals surface area contributed by atoms with Crippen LogP contribution in [0.4, 0.5) is 0 Å². The topological polar surface area (TPSA) is 43.7 Å². The molecule has 2 aromatic carbocycles. The summed E-state index contributed by atoms with van der Waals surface area (Å²) < 4.78 is 0. The number of hydrogen-bond donors (Lipinski definition) is 2. The Hall–Kier alpha value is -0.710. The maximum absolute atomic E-state index is 10.1. The molecule has 2 unspecified atom stereocenters. The SMILES string of the molecule is OCC1CN(Cc2ccccc2)CC1c1ccccc1O.[Al-].[Li+]. The first-order valence-electron chi connectivity index (χ1n) is 7.43. The molecule has 114 valence electrons. The number of phenolic OH excluding ortho intramolecular Hbond substituents is 1. The predicted molar refractivity (Wildman–Crippen MR) is 88.9 cm³/mol. The van der Waals surface area contributed by atoms with Gasteiger partial charge in [0.05, 0.1) is 0 Å². The van der Waals surface area contributed by atoms with Crippen LogP contribution >= 0.6 is 0 Å². The molecule has 1 saturated heterocycles. The molecule has 0 bridgehead atoms. The Morgan fingerprint density at radius 2 is 1.61 bits per heavy atom. The molecule has 2 N–H and O–H groups in total. The number of para-hydroxylation sites is 1. The Morgan fingerprint density at radius 3 is 2.26 bits per heavy atom. The number of likely N-dealkylation sites (tertiary alicyclic amines) is 1. The zero-order chi connectivity index (χ0) is 14.7. The molecule has 3 nitrogen and oxygen atoms in total. The summed E-state index contributed by atoms with van der Waals surface area (Å²) in [6, 6.07) is 17.9. The fourth-order valence-electron chi connectivity index (χ4n) is 3.27. The van der Waals surface area contributed by atoms with Crippen molar-refractivity contribution in [2.75, 3.05) is 19.7 Å². The summed E-state index contributed by atoms with van der Waals surface area (Å²) in [7, 11) is 0. The third-order valence-electron chi connectivity index (χ3n) is 4.34. The van der Waals surface area contributed by atoms with Crippen LogP contribution in [0.1, 0.15) is 17.0 Å². The van der Waals surface area contributed by atoms with E-state index in [4.69, 9.17) is 0 Å². The summed E-state index contributed by atoms with van der Waals surface area (Å²) in [5.41, 5.74) is 2.24. The number of nitrogens with zero attached hydrogens (tertiary/aromatic N) is 1. The summed E-state index contributed by atoms with van der Waals surface area (Å²) in [4.78, 5) is 2.35. The van der Waals surface area contributed by atoms with Gasteiger partial charge in [-0.2, -0.15) is 0 Å². The molecule has 1 fully saturated rings. The van der Waals surface area contributed by atoms with Crippen LogP contribution in [0.3, 0.4) is 0 Å². The van der Waals surface area contributed by atoms with E-state index in [0.29, 0.717) is 5.75 Å². The number of aromatic hydroxyl groups is 1. The van der Waals surface area contributed by atoms with Gasteiger partial charge in [0.2, 0.25) is 0 Å². The van der Waals surface area contributed by atoms with Crippen molar-refractivity contribution in [2.24, 2.45) is 5.92 Å². The van der Waals surface area contributed by atoms with Crippen molar-refractivity contribution in [3.63, 3.8) is 0 Å². The normalized spacial score (nSPS) is 20.6. The zero-order valence-corrected chi connectivity index (χ0v) is 14.8. The number of aliphatic hydroxyl groups is 1. The van der Waals surface area contributed by atoms with Crippen molar-refractivity contribution in [1.82, 2.24) is 4.90 Å². The van der Waals surface area contributed by atoms with Gasteiger partial charge in [-0.3, -0.25) is 4.90 Å². The first-order chi connectivity index (χ1) is 10.3. The second-order valence-corrected chi connectivity index (χ2v) is 5.79. The first-order valence-corrected chi connectivity index (χ1v) is 7.43. The van der Waals surface area contributed by atoms with Crippen LogP contribution in [0.5, 0.6) is 5.75 Å². The number of benzene rings is 2. The van der Waals surface area contributed by atoms with Gasteiger partial charge in [0, 0.05) is 38.1 Å². The Bertz CT molecular complexity index is 597. The van der Waals surface area contributed by atoms with Crippen molar-refractivity contribution in [3.05, 3.63) is 65.7 Å². The van der Waals surface area contributed by atoms with E-state index in [1.165, 1.54) is 5.56 Å². The second kappa shape index (κ2) is 9.55. The van der Waals surface area contributed by atoms with Crippen LogP contribution in [-0.4, -0.2) is 52.2 Å². The standard InChI is InChI=1S/C18H21NO2.Al.Li/c20-13-15-11-19(10-14-6-2-1-3-7-14)12-17(15)16-8-4-5-9-18(16)21;;/h1-9,15,17,20-21H,10-13H2;;/q;-1;+1. The largest absolute Gasteiger partial charge is 1.00 e. The molecule has 4 radical (unpaired) electrons. The molecule has 0 saturated carbocycles. The van der Waals surface area contributed by atoms with Crippen LogP contribution in [0.2, 0.25) is 0 Å². The van der Waals surface area contributed by atoms with E-state index in [1.54, 1.807) is 6.07 Å². The average molecular weight is 317 g/mol. The Balaban J connectivity index is 0.00000132. The number of aliphatic hydroxyl groups excluding tert-OH is 1. The van der Waals surface area contributed by atoms with Gasteiger partial charge in [0.1, 0.15) is 5.75 Å². The third-order valence-corrected chi connectivity index (χ3v) is 4.34. The Kier molecular flexibility index (Phi) is 8.45. The molecule has 1 aliphatic heterocycles. The Labute approximate surface area is 160 Å². The first kappa shape index (κ1) is 20.3. The van der Waals surface area contributed by atoms with Gasteiger partial charge in [0.25, 0.3) is 0 Å². The molecule has 1 heterocycles. The summed E-state index contributed by atoms with van der Waals surface area (Å²) in [5.74, 6) is 0.712. The smallest absolute Gasteiger partial charge is 1.00 e. The quantitative estimate of drug-likeness (QED) is 0.728. The fourth-order valence-corrected chi connectivity index (χ4v) is 3.27. The van der Waals surface area contributed by atoms with Crippen LogP contribution in [-0.2, 0) is 6.54 Å². The summed E-state index contributed by atoms with van der Waals surface area (Å²) >= 11 is 0. The third kappa shape index (κ3) is 4.88. The summed E-state index contributed by atoms with van der Waals surface area (Å²) in [5, 5.41) is 19.7. The van der Waals surface area contributed by atoms with E-state index >= 15 is 0 Å². The minimum atomic E-state index is 0. The van der Waals surface area contributed by atoms with Gasteiger partial charge in [-0.1, -0.05) is 48.5 Å². The summed E-state index contributed by atoms with van der Waals surface area (Å²) in [6.07, 6.45) is 0. The molecule has 2 aromatic rings. The van der Waals surface area contributed by atoms with Crippen molar-refractivity contribution in [2.45, 2.75) is 12.5 Å². The molecule has 0 aliphatic carbocycles. The van der Waals surface area contributed by atoms with Crippen molar-refractivity contribution >= 4 is 17.4 Å². The molecule has 1 aliphatic rings. The molecule has 5 heteroatoms. The zero-order valence-electron chi connectivity index (χ0n) is 13.6. The van der Waals surface area contributed by atoms with E-state index in [0.717, 1.165) is 25.2 Å².